The predicted molar refractivity (Wildman–Crippen MR) is 152 cm³/mol. The van der Waals surface area contributed by atoms with Gasteiger partial charge in [-0.15, -0.1) is 0 Å². The number of rotatable bonds is 4. The molecule has 0 aromatic heterocycles. The van der Waals surface area contributed by atoms with Gasteiger partial charge in [0, 0.05) is 5.46 Å². The quantitative estimate of drug-likeness (QED) is 0.396. The Kier molecular flexibility index (Phi) is 8.44. The lowest BCUT2D eigenvalue weighted by atomic mass is 9.49. The highest BCUT2D eigenvalue weighted by atomic mass is 32.2. The largest absolute Gasteiger partial charge is 0.497 e. The Morgan fingerprint density at radius 1 is 0.641 bits per heavy atom. The molecule has 0 bridgehead atoms. The normalized spacial score (nSPS) is 25.9. The van der Waals surface area contributed by atoms with Crippen molar-refractivity contribution in [3.8, 4) is 0 Å². The van der Waals surface area contributed by atoms with E-state index >= 15 is 0 Å². The van der Waals surface area contributed by atoms with E-state index in [1.54, 1.807) is 6.92 Å². The van der Waals surface area contributed by atoms with Gasteiger partial charge in [0.15, 0.2) is 9.84 Å². The molecule has 1 aromatic carbocycles. The zero-order valence-electron chi connectivity index (χ0n) is 25.7. The Labute approximate surface area is 235 Å². The summed E-state index contributed by atoms with van der Waals surface area (Å²) in [6, 6.07) is 3.71. The molecule has 0 amide bonds. The van der Waals surface area contributed by atoms with Crippen molar-refractivity contribution in [2.45, 2.75) is 129 Å². The average molecular weight is 568 g/mol. The number of hydrogen-bond acceptors (Lipinski definition) is 8. The zero-order chi connectivity index (χ0) is 30.0. The highest BCUT2D eigenvalue weighted by molar-refractivity contribution is 7.91. The SMILES string of the molecule is CC1(C)OB(B2OC(C)(C)C(C)(C)O2)OC1(C)C.CCS(=O)(=O)c1ccc(F)c(B2OC(C)(C)C(C)(C)O2)c1. The zero-order valence-corrected chi connectivity index (χ0v) is 26.5. The smallest absolute Gasteiger partial charge is 0.405 e. The number of hydrogen-bond donors (Lipinski definition) is 0. The predicted octanol–water partition coefficient (Wildman–Crippen LogP) is 4.17. The van der Waals surface area contributed by atoms with Gasteiger partial charge < -0.3 is 27.9 Å². The first kappa shape index (κ1) is 32.6. The molecular formula is C26H44B3FO8S. The Balaban J connectivity index is 0.000000218. The van der Waals surface area contributed by atoms with Gasteiger partial charge in [-0.2, -0.15) is 0 Å². The Bertz CT molecular complexity index is 1100. The fraction of sp³-hybridized carbons (Fsp3) is 0.769. The van der Waals surface area contributed by atoms with Crippen molar-refractivity contribution in [2.24, 2.45) is 0 Å². The fourth-order valence-electron chi connectivity index (χ4n) is 4.03. The molecule has 0 saturated carbocycles. The van der Waals surface area contributed by atoms with Crippen molar-refractivity contribution in [2.75, 3.05) is 5.75 Å². The number of halogens is 1. The van der Waals surface area contributed by atoms with Crippen LogP contribution in [0.3, 0.4) is 0 Å². The minimum atomic E-state index is -3.40. The summed E-state index contributed by atoms with van der Waals surface area (Å²) in [4.78, 5) is 0.0797. The molecule has 3 aliphatic heterocycles. The van der Waals surface area contributed by atoms with Crippen LogP contribution in [0, 0.1) is 5.82 Å². The summed E-state index contributed by atoms with van der Waals surface area (Å²) >= 11 is 0. The van der Waals surface area contributed by atoms with E-state index in [-0.39, 0.29) is 38.5 Å². The average Bonchev–Trinajstić information content (AvgIpc) is 3.23. The van der Waals surface area contributed by atoms with Gasteiger partial charge in [0.25, 0.3) is 0 Å². The maximum Gasteiger partial charge on any atom is 0.497 e. The first-order chi connectivity index (χ1) is 17.4. The van der Waals surface area contributed by atoms with Crippen LogP contribution in [0.1, 0.15) is 90.0 Å². The lowest BCUT2D eigenvalue weighted by Gasteiger charge is -2.32. The molecule has 3 fully saturated rings. The van der Waals surface area contributed by atoms with Crippen LogP contribution in [0.2, 0.25) is 0 Å². The highest BCUT2D eigenvalue weighted by Gasteiger charge is 2.63. The van der Waals surface area contributed by atoms with Crippen LogP contribution in [0.4, 0.5) is 4.39 Å². The van der Waals surface area contributed by atoms with Crippen molar-refractivity contribution < 1.29 is 40.7 Å². The van der Waals surface area contributed by atoms with E-state index < -0.39 is 48.0 Å². The van der Waals surface area contributed by atoms with Crippen LogP contribution in [0.25, 0.3) is 0 Å². The molecule has 0 spiro atoms. The van der Waals surface area contributed by atoms with E-state index in [0.29, 0.717) is 0 Å². The summed E-state index contributed by atoms with van der Waals surface area (Å²) in [5, 5.41) is 0. The van der Waals surface area contributed by atoms with Crippen molar-refractivity contribution in [3.05, 3.63) is 24.0 Å². The van der Waals surface area contributed by atoms with Crippen LogP contribution in [-0.2, 0) is 37.8 Å². The molecule has 0 radical (unpaired) electrons. The molecule has 4 rings (SSSR count). The lowest BCUT2D eigenvalue weighted by Crippen LogP contribution is -2.41. The van der Waals surface area contributed by atoms with Crippen LogP contribution < -0.4 is 5.46 Å². The second-order valence-electron chi connectivity index (χ2n) is 13.4. The van der Waals surface area contributed by atoms with Crippen molar-refractivity contribution >= 4 is 36.4 Å². The van der Waals surface area contributed by atoms with E-state index in [1.807, 2.05) is 83.1 Å². The summed E-state index contributed by atoms with van der Waals surface area (Å²) in [5.41, 5.74) is -2.54. The monoisotopic (exact) mass is 568 g/mol. The summed E-state index contributed by atoms with van der Waals surface area (Å²) in [6.07, 6.45) is 0. The fourth-order valence-corrected chi connectivity index (χ4v) is 4.95. The summed E-state index contributed by atoms with van der Waals surface area (Å²) < 4.78 is 73.3. The standard InChI is InChI=1S/C14H20BFO4S.C12H24B2O4/c1-6-21(17,18)10-7-8-12(16)11(9-10)15-19-13(2,3)14(4,5)20-15;1-9(2)10(3,4)16-13(15-9)14-17-11(5,6)12(7,8)18-14/h7-9H,6H2,1-5H3;1-8H3. The minimum absolute atomic E-state index is 0.0402. The summed E-state index contributed by atoms with van der Waals surface area (Å²) in [7, 11) is -5.27. The Morgan fingerprint density at radius 2 is 0.974 bits per heavy atom. The van der Waals surface area contributed by atoms with Crippen LogP contribution in [0.5, 0.6) is 0 Å². The number of benzene rings is 1. The van der Waals surface area contributed by atoms with Gasteiger partial charge in [0.05, 0.1) is 44.3 Å². The second kappa shape index (κ2) is 10.1. The lowest BCUT2D eigenvalue weighted by molar-refractivity contribution is 0.00578. The van der Waals surface area contributed by atoms with Crippen molar-refractivity contribution in [1.29, 1.82) is 0 Å². The third-order valence-corrected chi connectivity index (χ3v) is 10.7. The molecule has 39 heavy (non-hydrogen) atoms. The van der Waals surface area contributed by atoms with E-state index in [0.717, 1.165) is 6.07 Å². The first-order valence-electron chi connectivity index (χ1n) is 13.5. The maximum absolute atomic E-state index is 14.1. The van der Waals surface area contributed by atoms with Gasteiger partial charge in [0.2, 0.25) is 0 Å². The van der Waals surface area contributed by atoms with Crippen molar-refractivity contribution in [1.82, 2.24) is 0 Å². The molecule has 3 aliphatic rings. The minimum Gasteiger partial charge on any atom is -0.405 e. The maximum atomic E-state index is 14.1. The first-order valence-corrected chi connectivity index (χ1v) is 15.1. The molecule has 3 saturated heterocycles. The van der Waals surface area contributed by atoms with Gasteiger partial charge in [-0.3, -0.25) is 0 Å². The van der Waals surface area contributed by atoms with E-state index in [2.05, 4.69) is 0 Å². The third-order valence-electron chi connectivity index (χ3n) is 8.98. The summed E-state index contributed by atoms with van der Waals surface area (Å²) in [6.45, 7) is 25.2. The molecule has 3 heterocycles. The third kappa shape index (κ3) is 6.15. The Hall–Kier alpha value is -0.945. The molecule has 13 heteroatoms. The Morgan fingerprint density at radius 3 is 1.31 bits per heavy atom. The number of sulfone groups is 1. The molecule has 0 atom stereocenters. The van der Waals surface area contributed by atoms with Gasteiger partial charge in [0.1, 0.15) is 5.82 Å². The molecular weight excluding hydrogens is 524 g/mol. The molecule has 218 valence electrons. The van der Waals surface area contributed by atoms with E-state index in [4.69, 9.17) is 27.9 Å². The van der Waals surface area contributed by atoms with Crippen LogP contribution in [-0.4, -0.2) is 68.9 Å². The van der Waals surface area contributed by atoms with Gasteiger partial charge >= 0.3 is 21.1 Å². The molecule has 0 N–H and O–H groups in total. The second-order valence-corrected chi connectivity index (χ2v) is 15.7. The molecule has 1 aromatic rings. The van der Waals surface area contributed by atoms with Gasteiger partial charge in [-0.05, 0) is 101 Å². The summed E-state index contributed by atoms with van der Waals surface area (Å²) in [5.74, 6) is -0.579. The van der Waals surface area contributed by atoms with Gasteiger partial charge in [-0.25, -0.2) is 12.8 Å². The highest BCUT2D eigenvalue weighted by Crippen LogP contribution is 2.43. The van der Waals surface area contributed by atoms with Crippen LogP contribution in [0.15, 0.2) is 23.1 Å². The van der Waals surface area contributed by atoms with Crippen LogP contribution >= 0.6 is 0 Å². The topological polar surface area (TPSA) is 89.5 Å². The molecule has 0 aliphatic carbocycles. The van der Waals surface area contributed by atoms with Gasteiger partial charge in [-0.1, -0.05) is 6.92 Å². The van der Waals surface area contributed by atoms with E-state index in [1.165, 1.54) is 12.1 Å². The van der Waals surface area contributed by atoms with E-state index in [9.17, 15) is 12.8 Å². The molecule has 0 unspecified atom stereocenters. The van der Waals surface area contributed by atoms with Crippen molar-refractivity contribution in [3.63, 3.8) is 0 Å². The molecule has 8 nitrogen and oxygen atoms in total.